The Morgan fingerprint density at radius 2 is 1.80 bits per heavy atom. The van der Waals surface area contributed by atoms with E-state index in [0.717, 1.165) is 54.8 Å². The number of hydrogen-bond donors (Lipinski definition) is 0. The van der Waals surface area contributed by atoms with E-state index >= 15 is 0 Å². The number of rotatable bonds is 8. The quantitative estimate of drug-likeness (QED) is 0.135. The minimum absolute atomic E-state index is 0.00569. The summed E-state index contributed by atoms with van der Waals surface area (Å²) in [7, 11) is 0. The van der Waals surface area contributed by atoms with Crippen LogP contribution in [-0.4, -0.2) is 15.5 Å². The number of allylic oxidation sites excluding steroid dienone is 2. The van der Waals surface area contributed by atoms with Gasteiger partial charge in [-0.1, -0.05) is 65.5 Å². The Balaban J connectivity index is 1.20. The smallest absolute Gasteiger partial charge is 0.372 e. The summed E-state index contributed by atoms with van der Waals surface area (Å²) in [5.74, 6) is 5.36. The fourth-order valence-electron chi connectivity index (χ4n) is 9.64. The molecule has 0 amide bonds. The van der Waals surface area contributed by atoms with Gasteiger partial charge in [0.05, 0.1) is 4.92 Å². The van der Waals surface area contributed by atoms with Gasteiger partial charge in [0, 0.05) is 17.4 Å². The molecule has 8 atom stereocenters. The highest BCUT2D eigenvalue weighted by molar-refractivity contribution is 8.13. The Morgan fingerprint density at radius 1 is 1.05 bits per heavy atom. The first kappa shape index (κ1) is 29.7. The van der Waals surface area contributed by atoms with Gasteiger partial charge in [-0.05, 0) is 122 Å². The summed E-state index contributed by atoms with van der Waals surface area (Å²) in [5, 5.41) is 10.8. The molecule has 4 aliphatic rings. The normalized spacial score (nSPS) is 35.8. The Labute approximate surface area is 245 Å². The molecule has 0 aromatic heterocycles. The van der Waals surface area contributed by atoms with E-state index in [-0.39, 0.29) is 21.7 Å². The van der Waals surface area contributed by atoms with E-state index in [2.05, 4.69) is 40.7 Å². The van der Waals surface area contributed by atoms with Crippen LogP contribution >= 0.6 is 11.8 Å². The van der Waals surface area contributed by atoms with Crippen molar-refractivity contribution in [3.63, 3.8) is 0 Å². The van der Waals surface area contributed by atoms with Crippen LogP contribution in [-0.2, 0) is 0 Å². The molecule has 1 aromatic carbocycles. The number of nitro benzene ring substituents is 1. The summed E-state index contributed by atoms with van der Waals surface area (Å²) >= 11 is 1.30. The van der Waals surface area contributed by atoms with Gasteiger partial charge in [-0.25, -0.2) is 4.79 Å². The van der Waals surface area contributed by atoms with Crippen LogP contribution in [0, 0.1) is 56.5 Å². The lowest BCUT2D eigenvalue weighted by atomic mass is 9.47. The molecule has 0 heterocycles. The number of fused-ring (bicyclic) bond motifs is 5. The number of non-ortho nitro benzene ring substituents is 1. The van der Waals surface area contributed by atoms with E-state index in [1.807, 2.05) is 0 Å². The fraction of sp³-hybridized carbons (Fsp3) is 0.735. The molecule has 5 nitrogen and oxygen atoms in total. The van der Waals surface area contributed by atoms with Crippen molar-refractivity contribution in [3.8, 4) is 5.75 Å². The van der Waals surface area contributed by atoms with Crippen molar-refractivity contribution < 1.29 is 14.5 Å². The number of hydrogen-bond acceptors (Lipinski definition) is 5. The molecular formula is C34H49NO4S. The molecule has 1 aromatic rings. The molecule has 40 heavy (non-hydrogen) atoms. The third-order valence-corrected chi connectivity index (χ3v) is 12.8. The van der Waals surface area contributed by atoms with Gasteiger partial charge >= 0.3 is 5.30 Å². The molecule has 0 N–H and O–H groups in total. The lowest BCUT2D eigenvalue weighted by molar-refractivity contribution is -0.384. The first-order chi connectivity index (χ1) is 19.0. The fourth-order valence-corrected chi connectivity index (χ4v) is 10.6. The van der Waals surface area contributed by atoms with E-state index in [4.69, 9.17) is 4.74 Å². The van der Waals surface area contributed by atoms with Crippen molar-refractivity contribution in [1.82, 2.24) is 0 Å². The highest BCUT2D eigenvalue weighted by Crippen LogP contribution is 2.67. The highest BCUT2D eigenvalue weighted by atomic mass is 32.2. The van der Waals surface area contributed by atoms with Gasteiger partial charge in [0.15, 0.2) is 0 Å². The van der Waals surface area contributed by atoms with Crippen LogP contribution in [0.5, 0.6) is 5.75 Å². The Bertz CT molecular complexity index is 1120. The van der Waals surface area contributed by atoms with Crippen LogP contribution in [0.2, 0.25) is 0 Å². The lowest BCUT2D eigenvalue weighted by Crippen LogP contribution is -2.50. The highest BCUT2D eigenvalue weighted by Gasteiger charge is 2.59. The van der Waals surface area contributed by atoms with Crippen molar-refractivity contribution >= 4 is 22.8 Å². The number of nitro groups is 1. The van der Waals surface area contributed by atoms with Crippen molar-refractivity contribution in [2.24, 2.45) is 46.3 Å². The number of nitrogens with zero attached hydrogens (tertiary/aromatic N) is 1. The minimum atomic E-state index is -0.449. The first-order valence-corrected chi connectivity index (χ1v) is 16.7. The first-order valence-electron chi connectivity index (χ1n) is 15.8. The summed E-state index contributed by atoms with van der Waals surface area (Å²) in [6, 6.07) is 5.74. The van der Waals surface area contributed by atoms with Crippen molar-refractivity contribution in [2.45, 2.75) is 110 Å². The molecule has 0 radical (unpaired) electrons. The van der Waals surface area contributed by atoms with Crippen LogP contribution in [0.1, 0.15) is 105 Å². The molecular weight excluding hydrogens is 518 g/mol. The van der Waals surface area contributed by atoms with Gasteiger partial charge in [-0.2, -0.15) is 0 Å². The number of carbonyl (C=O) groups is 1. The maximum atomic E-state index is 12.7. The van der Waals surface area contributed by atoms with Gasteiger partial charge in [-0.15, -0.1) is 0 Å². The molecule has 0 bridgehead atoms. The monoisotopic (exact) mass is 567 g/mol. The minimum Gasteiger partial charge on any atom is -0.418 e. The van der Waals surface area contributed by atoms with Crippen LogP contribution in [0.15, 0.2) is 35.9 Å². The molecule has 0 spiro atoms. The molecule has 5 rings (SSSR count). The van der Waals surface area contributed by atoms with Crippen molar-refractivity contribution in [2.75, 3.05) is 0 Å². The molecule has 6 heteroatoms. The molecule has 220 valence electrons. The maximum Gasteiger partial charge on any atom is 0.372 e. The Hall–Kier alpha value is -1.82. The van der Waals surface area contributed by atoms with Crippen LogP contribution < -0.4 is 4.74 Å². The topological polar surface area (TPSA) is 69.4 Å². The molecule has 3 saturated carbocycles. The summed E-state index contributed by atoms with van der Waals surface area (Å²) < 4.78 is 5.50. The van der Waals surface area contributed by atoms with E-state index in [9.17, 15) is 14.9 Å². The van der Waals surface area contributed by atoms with Crippen LogP contribution in [0.3, 0.4) is 0 Å². The van der Waals surface area contributed by atoms with Gasteiger partial charge < -0.3 is 4.74 Å². The third-order valence-electron chi connectivity index (χ3n) is 11.8. The van der Waals surface area contributed by atoms with E-state index in [1.165, 1.54) is 87.4 Å². The molecule has 4 aliphatic carbocycles. The van der Waals surface area contributed by atoms with E-state index in [1.54, 1.807) is 5.57 Å². The summed E-state index contributed by atoms with van der Waals surface area (Å²) in [6.07, 6.45) is 16.7. The zero-order valence-corrected chi connectivity index (χ0v) is 26.0. The average Bonchev–Trinajstić information content (AvgIpc) is 3.26. The molecule has 0 unspecified atom stereocenters. The summed E-state index contributed by atoms with van der Waals surface area (Å²) in [5.41, 5.74) is 2.36. The van der Waals surface area contributed by atoms with Crippen molar-refractivity contribution in [1.29, 1.82) is 0 Å². The van der Waals surface area contributed by atoms with E-state index in [0.29, 0.717) is 11.2 Å². The second-order valence-corrected chi connectivity index (χ2v) is 15.6. The molecule has 0 saturated heterocycles. The molecule has 3 fully saturated rings. The number of carbonyl (C=O) groups excluding carboxylic acids is 1. The second-order valence-electron chi connectivity index (χ2n) is 14.4. The average molecular weight is 568 g/mol. The lowest BCUT2D eigenvalue weighted by Gasteiger charge is -2.58. The zero-order chi connectivity index (χ0) is 28.7. The predicted octanol–water partition coefficient (Wildman–Crippen LogP) is 10.2. The summed E-state index contributed by atoms with van der Waals surface area (Å²) in [6.45, 7) is 12.5. The Kier molecular flexibility index (Phi) is 8.76. The Morgan fingerprint density at radius 3 is 2.50 bits per heavy atom. The second kappa shape index (κ2) is 11.8. The predicted molar refractivity (Wildman–Crippen MR) is 164 cm³/mol. The van der Waals surface area contributed by atoms with Crippen molar-refractivity contribution in [3.05, 3.63) is 46.0 Å². The van der Waals surface area contributed by atoms with Gasteiger partial charge in [-0.3, -0.25) is 10.1 Å². The SMILES string of the molecule is CC(C)CCC[C@H](C)[C@@H]1CC[C@@H]2[C@H]3CC=C4C[C@@H](SC(=O)Oc5ccc([N+](=O)[O-])cc5)CC[C@]4(C)[C@@H]3CC[C@]21C. The summed E-state index contributed by atoms with van der Waals surface area (Å²) in [4.78, 5) is 23.1. The number of thioether (sulfide) groups is 1. The van der Waals surface area contributed by atoms with E-state index < -0.39 is 4.92 Å². The standard InChI is InChI=1S/C34H49NO4S/c1-22(2)7-6-8-23(3)29-15-16-30-28-14-9-24-21-27(17-19-33(24,4)31(28)18-20-34(29,30)5)40-32(36)39-26-12-10-25(11-13-26)35(37)38/h9-13,22-23,27-31H,6-8,14-21H2,1-5H3/t23-,27-,28+,29-,30+,31+,33-,34-/m0/s1. The van der Waals surface area contributed by atoms with Crippen LogP contribution in [0.4, 0.5) is 10.5 Å². The van der Waals surface area contributed by atoms with Crippen LogP contribution in [0.25, 0.3) is 0 Å². The third kappa shape index (κ3) is 5.76. The number of ether oxygens (including phenoxy) is 1. The maximum absolute atomic E-state index is 12.7. The zero-order valence-electron chi connectivity index (χ0n) is 25.2. The largest absolute Gasteiger partial charge is 0.418 e. The van der Waals surface area contributed by atoms with Gasteiger partial charge in [0.25, 0.3) is 5.69 Å². The number of benzene rings is 1. The van der Waals surface area contributed by atoms with Gasteiger partial charge in [0.2, 0.25) is 0 Å². The van der Waals surface area contributed by atoms with Gasteiger partial charge in [0.1, 0.15) is 5.75 Å². The molecule has 0 aliphatic heterocycles.